The van der Waals surface area contributed by atoms with Gasteiger partial charge < -0.3 is 5.32 Å². The zero-order valence-corrected chi connectivity index (χ0v) is 10.3. The molecule has 1 aromatic rings. The molecular formula is C11H17N3OS. The molecule has 1 aliphatic carbocycles. The molecule has 16 heavy (non-hydrogen) atoms. The van der Waals surface area contributed by atoms with Crippen LogP contribution in [0.4, 0.5) is 5.69 Å². The fourth-order valence-corrected chi connectivity index (χ4v) is 2.14. The third-order valence-corrected chi connectivity index (χ3v) is 3.74. The van der Waals surface area contributed by atoms with Gasteiger partial charge in [0.25, 0.3) is 0 Å². The molecule has 1 amide bonds. The van der Waals surface area contributed by atoms with Crippen molar-refractivity contribution in [3.8, 4) is 0 Å². The quantitative estimate of drug-likeness (QED) is 0.771. The van der Waals surface area contributed by atoms with Crippen molar-refractivity contribution in [2.45, 2.75) is 32.7 Å². The Morgan fingerprint density at radius 2 is 2.44 bits per heavy atom. The van der Waals surface area contributed by atoms with Crippen LogP contribution in [0.15, 0.2) is 12.4 Å². The van der Waals surface area contributed by atoms with E-state index in [0.717, 1.165) is 30.8 Å². The SMILES string of the molecule is CCn1cc(NC(=O)CC2(CS)CC2)cn1. The number of anilines is 1. The fourth-order valence-electron chi connectivity index (χ4n) is 1.71. The van der Waals surface area contributed by atoms with Crippen molar-refractivity contribution in [1.82, 2.24) is 9.78 Å². The van der Waals surface area contributed by atoms with E-state index in [0.29, 0.717) is 6.42 Å². The number of rotatable bonds is 5. The van der Waals surface area contributed by atoms with Crippen LogP contribution in [0.25, 0.3) is 0 Å². The Bertz CT molecular complexity index is 384. The van der Waals surface area contributed by atoms with Crippen molar-refractivity contribution in [3.05, 3.63) is 12.4 Å². The van der Waals surface area contributed by atoms with Crippen LogP contribution in [0.1, 0.15) is 26.2 Å². The Labute approximate surface area is 101 Å². The summed E-state index contributed by atoms with van der Waals surface area (Å²) in [5.74, 6) is 0.872. The Morgan fingerprint density at radius 1 is 1.69 bits per heavy atom. The molecule has 1 fully saturated rings. The number of hydrogen-bond donors (Lipinski definition) is 2. The molecule has 2 rings (SSSR count). The maximum Gasteiger partial charge on any atom is 0.225 e. The highest BCUT2D eigenvalue weighted by molar-refractivity contribution is 7.80. The van der Waals surface area contributed by atoms with Gasteiger partial charge in [0.2, 0.25) is 5.91 Å². The number of carbonyl (C=O) groups excluding carboxylic acids is 1. The number of hydrogen-bond acceptors (Lipinski definition) is 3. The summed E-state index contributed by atoms with van der Waals surface area (Å²) in [4.78, 5) is 11.7. The predicted octanol–water partition coefficient (Wildman–Crippen LogP) is 1.94. The fraction of sp³-hybridized carbons (Fsp3) is 0.636. The summed E-state index contributed by atoms with van der Waals surface area (Å²) >= 11 is 4.29. The molecule has 1 aliphatic rings. The lowest BCUT2D eigenvalue weighted by molar-refractivity contribution is -0.117. The number of carbonyl (C=O) groups is 1. The average molecular weight is 239 g/mol. The molecule has 0 spiro atoms. The lowest BCUT2D eigenvalue weighted by Crippen LogP contribution is -2.18. The van der Waals surface area contributed by atoms with Crippen LogP contribution in [0.3, 0.4) is 0 Å². The van der Waals surface area contributed by atoms with Crippen LogP contribution in [-0.4, -0.2) is 21.4 Å². The maximum absolute atomic E-state index is 11.7. The smallest absolute Gasteiger partial charge is 0.225 e. The first-order chi connectivity index (χ1) is 7.67. The summed E-state index contributed by atoms with van der Waals surface area (Å²) < 4.78 is 1.79. The molecule has 0 bridgehead atoms. The van der Waals surface area contributed by atoms with E-state index in [1.807, 2.05) is 13.1 Å². The largest absolute Gasteiger partial charge is 0.323 e. The van der Waals surface area contributed by atoms with Crippen LogP contribution in [-0.2, 0) is 11.3 Å². The number of amides is 1. The van der Waals surface area contributed by atoms with Crippen molar-refractivity contribution in [2.24, 2.45) is 5.41 Å². The molecule has 1 N–H and O–H groups in total. The average Bonchev–Trinajstić information content (AvgIpc) is 2.89. The van der Waals surface area contributed by atoms with Gasteiger partial charge in [0.1, 0.15) is 0 Å². The summed E-state index contributed by atoms with van der Waals surface area (Å²) in [7, 11) is 0. The van der Waals surface area contributed by atoms with Crippen LogP contribution in [0, 0.1) is 5.41 Å². The monoisotopic (exact) mass is 239 g/mol. The second-order valence-electron chi connectivity index (χ2n) is 4.47. The molecule has 0 aliphatic heterocycles. The lowest BCUT2D eigenvalue weighted by atomic mass is 10.1. The van der Waals surface area contributed by atoms with E-state index in [2.05, 4.69) is 23.0 Å². The van der Waals surface area contributed by atoms with E-state index in [-0.39, 0.29) is 11.3 Å². The first-order valence-corrected chi connectivity index (χ1v) is 6.24. The number of nitrogens with one attached hydrogen (secondary N) is 1. The van der Waals surface area contributed by atoms with Gasteiger partial charge in [-0.3, -0.25) is 9.48 Å². The van der Waals surface area contributed by atoms with Gasteiger partial charge in [0.05, 0.1) is 11.9 Å². The number of aromatic nitrogens is 2. The van der Waals surface area contributed by atoms with Gasteiger partial charge in [-0.2, -0.15) is 17.7 Å². The molecule has 1 saturated carbocycles. The Hall–Kier alpha value is -0.970. The molecular weight excluding hydrogens is 222 g/mol. The van der Waals surface area contributed by atoms with Crippen molar-refractivity contribution >= 4 is 24.2 Å². The third kappa shape index (κ3) is 2.58. The van der Waals surface area contributed by atoms with Gasteiger partial charge in [-0.15, -0.1) is 0 Å². The van der Waals surface area contributed by atoms with Crippen molar-refractivity contribution in [3.63, 3.8) is 0 Å². The topological polar surface area (TPSA) is 46.9 Å². The Balaban J connectivity index is 1.87. The Morgan fingerprint density at radius 3 is 2.94 bits per heavy atom. The molecule has 0 unspecified atom stereocenters. The molecule has 0 radical (unpaired) electrons. The minimum Gasteiger partial charge on any atom is -0.323 e. The van der Waals surface area contributed by atoms with E-state index in [1.54, 1.807) is 10.9 Å². The highest BCUT2D eigenvalue weighted by atomic mass is 32.1. The second-order valence-corrected chi connectivity index (χ2v) is 4.78. The van der Waals surface area contributed by atoms with E-state index in [9.17, 15) is 4.79 Å². The van der Waals surface area contributed by atoms with Crippen molar-refractivity contribution in [2.75, 3.05) is 11.1 Å². The van der Waals surface area contributed by atoms with Gasteiger partial charge in [-0.05, 0) is 30.9 Å². The van der Waals surface area contributed by atoms with Gasteiger partial charge in [0.15, 0.2) is 0 Å². The minimum absolute atomic E-state index is 0.0715. The molecule has 0 aromatic carbocycles. The first kappa shape index (κ1) is 11.5. The maximum atomic E-state index is 11.7. The lowest BCUT2D eigenvalue weighted by Gasteiger charge is -2.10. The van der Waals surface area contributed by atoms with Crippen LogP contribution in [0.2, 0.25) is 0 Å². The van der Waals surface area contributed by atoms with Crippen LogP contribution < -0.4 is 5.32 Å². The summed E-state index contributed by atoms with van der Waals surface area (Å²) in [5, 5.41) is 6.98. The standard InChI is InChI=1S/C11H17N3OS/c1-2-14-7-9(6-12-14)13-10(15)5-11(8-16)3-4-11/h6-7,16H,2-5,8H2,1H3,(H,13,15). The Kier molecular flexibility index (Phi) is 3.23. The zero-order valence-electron chi connectivity index (χ0n) is 9.44. The highest BCUT2D eigenvalue weighted by Crippen LogP contribution is 2.49. The molecule has 88 valence electrons. The first-order valence-electron chi connectivity index (χ1n) is 5.61. The third-order valence-electron chi connectivity index (χ3n) is 3.07. The van der Waals surface area contributed by atoms with Crippen LogP contribution in [0.5, 0.6) is 0 Å². The van der Waals surface area contributed by atoms with Gasteiger partial charge >= 0.3 is 0 Å². The summed E-state index contributed by atoms with van der Waals surface area (Å²) in [5.41, 5.74) is 0.954. The van der Waals surface area contributed by atoms with Gasteiger partial charge in [-0.1, -0.05) is 0 Å². The number of thiol groups is 1. The summed E-state index contributed by atoms with van der Waals surface area (Å²) in [6.45, 7) is 2.83. The normalized spacial score (nSPS) is 17.1. The predicted molar refractivity (Wildman–Crippen MR) is 66.7 cm³/mol. The van der Waals surface area contributed by atoms with E-state index >= 15 is 0 Å². The number of nitrogens with zero attached hydrogens (tertiary/aromatic N) is 2. The summed E-state index contributed by atoms with van der Waals surface area (Å²) in [6.07, 6.45) is 6.35. The molecule has 4 nitrogen and oxygen atoms in total. The van der Waals surface area contributed by atoms with Gasteiger partial charge in [0, 0.05) is 19.2 Å². The van der Waals surface area contributed by atoms with E-state index in [1.165, 1.54) is 0 Å². The molecule has 1 aromatic heterocycles. The van der Waals surface area contributed by atoms with Crippen molar-refractivity contribution < 1.29 is 4.79 Å². The number of aryl methyl sites for hydroxylation is 1. The van der Waals surface area contributed by atoms with Crippen molar-refractivity contribution in [1.29, 1.82) is 0 Å². The second kappa shape index (κ2) is 4.49. The molecule has 1 heterocycles. The van der Waals surface area contributed by atoms with E-state index in [4.69, 9.17) is 0 Å². The molecule has 0 saturated heterocycles. The van der Waals surface area contributed by atoms with E-state index < -0.39 is 0 Å². The van der Waals surface area contributed by atoms with Crippen LogP contribution >= 0.6 is 12.6 Å². The summed E-state index contributed by atoms with van der Waals surface area (Å²) in [6, 6.07) is 0. The minimum atomic E-state index is 0.0715. The molecule has 0 atom stereocenters. The highest BCUT2D eigenvalue weighted by Gasteiger charge is 2.42. The zero-order chi connectivity index (χ0) is 11.6. The molecule has 5 heteroatoms. The van der Waals surface area contributed by atoms with Gasteiger partial charge in [-0.25, -0.2) is 0 Å².